The Morgan fingerprint density at radius 1 is 1.03 bits per heavy atom. The van der Waals surface area contributed by atoms with E-state index in [-0.39, 0.29) is 16.9 Å². The fourth-order valence-corrected chi connectivity index (χ4v) is 3.37. The second kappa shape index (κ2) is 8.00. The number of rotatable bonds is 2. The van der Waals surface area contributed by atoms with Gasteiger partial charge in [0.2, 0.25) is 0 Å². The number of hydrogen-bond acceptors (Lipinski definition) is 3. The molecule has 0 amide bonds. The fourth-order valence-electron chi connectivity index (χ4n) is 3.37. The third-order valence-corrected chi connectivity index (χ3v) is 4.84. The molecule has 1 unspecified atom stereocenters. The van der Waals surface area contributed by atoms with E-state index in [0.717, 1.165) is 36.8 Å². The van der Waals surface area contributed by atoms with Crippen LogP contribution in [0.3, 0.4) is 0 Å². The molecule has 0 bridgehead atoms. The number of ether oxygens (including phenoxy) is 1. The maximum Gasteiger partial charge on any atom is 0.458 e. The molecule has 1 fully saturated rings. The summed E-state index contributed by atoms with van der Waals surface area (Å²) in [5.74, 6) is 0.482. The van der Waals surface area contributed by atoms with Gasteiger partial charge in [-0.1, -0.05) is 18.1 Å². The summed E-state index contributed by atoms with van der Waals surface area (Å²) in [4.78, 5) is 8.65. The molecule has 8 heteroatoms. The Kier molecular flexibility index (Phi) is 5.39. The minimum Gasteiger partial charge on any atom is -0.373 e. The Balaban J connectivity index is 1.67. The second-order valence-electron chi connectivity index (χ2n) is 6.93. The highest BCUT2D eigenvalue weighted by molar-refractivity contribution is 5.88. The summed E-state index contributed by atoms with van der Waals surface area (Å²) in [6, 6.07) is 5.30. The molecule has 1 atom stereocenters. The fraction of sp³-hybridized carbons (Fsp3) is 0.273. The number of benzene rings is 2. The smallest absolute Gasteiger partial charge is 0.373 e. The van der Waals surface area contributed by atoms with E-state index in [0.29, 0.717) is 18.0 Å². The highest BCUT2D eigenvalue weighted by Gasteiger charge is 2.24. The zero-order valence-corrected chi connectivity index (χ0v) is 15.6. The number of halogens is 5. The number of hydrogen-bond donors (Lipinski definition) is 0. The second-order valence-corrected chi connectivity index (χ2v) is 6.93. The van der Waals surface area contributed by atoms with E-state index < -0.39 is 23.4 Å². The van der Waals surface area contributed by atoms with E-state index in [1.54, 1.807) is 12.4 Å². The zero-order chi connectivity index (χ0) is 21.3. The van der Waals surface area contributed by atoms with Crippen molar-refractivity contribution in [1.82, 2.24) is 9.97 Å². The normalized spacial score (nSPS) is 16.9. The van der Waals surface area contributed by atoms with E-state index >= 15 is 0 Å². The van der Waals surface area contributed by atoms with Crippen molar-refractivity contribution >= 4 is 10.8 Å². The lowest BCUT2D eigenvalue weighted by molar-refractivity contribution is -0.0696. The van der Waals surface area contributed by atoms with E-state index in [1.165, 1.54) is 24.1 Å². The van der Waals surface area contributed by atoms with Crippen molar-refractivity contribution in [2.75, 3.05) is 6.61 Å². The van der Waals surface area contributed by atoms with Crippen LogP contribution < -0.4 is 0 Å². The topological polar surface area (TPSA) is 35.0 Å². The van der Waals surface area contributed by atoms with E-state index in [1.807, 2.05) is 0 Å². The molecule has 1 aromatic heterocycles. The van der Waals surface area contributed by atoms with Gasteiger partial charge < -0.3 is 4.74 Å². The summed E-state index contributed by atoms with van der Waals surface area (Å²) in [6.45, 7) is 0.698. The quantitative estimate of drug-likeness (QED) is 0.394. The molecule has 2 aromatic carbocycles. The van der Waals surface area contributed by atoms with Gasteiger partial charge in [0.25, 0.3) is 0 Å². The van der Waals surface area contributed by atoms with Crippen molar-refractivity contribution in [2.45, 2.75) is 31.5 Å². The summed E-state index contributed by atoms with van der Waals surface area (Å²) >= 11 is 0. The molecule has 4 rings (SSSR count). The molecule has 0 saturated carbocycles. The molecule has 1 aliphatic rings. The van der Waals surface area contributed by atoms with Gasteiger partial charge in [0.15, 0.2) is 5.82 Å². The first-order valence-electron chi connectivity index (χ1n) is 9.27. The third-order valence-electron chi connectivity index (χ3n) is 4.84. The van der Waals surface area contributed by atoms with E-state index in [9.17, 15) is 22.0 Å². The maximum atomic E-state index is 14.5. The highest BCUT2D eigenvalue weighted by Crippen LogP contribution is 2.30. The first-order valence-corrected chi connectivity index (χ1v) is 9.27. The molecular weight excluding hydrogens is 403 g/mol. The van der Waals surface area contributed by atoms with Gasteiger partial charge in [-0.25, -0.2) is 18.7 Å². The van der Waals surface area contributed by atoms with Crippen LogP contribution in [-0.4, -0.2) is 22.8 Å². The summed E-state index contributed by atoms with van der Waals surface area (Å²) in [6.07, 6.45) is 1.45. The molecular formula is C22H15F5N2O. The van der Waals surface area contributed by atoms with E-state index in [4.69, 9.17) is 4.74 Å². The predicted molar refractivity (Wildman–Crippen MR) is 100 cm³/mol. The van der Waals surface area contributed by atoms with Crippen LogP contribution in [0.25, 0.3) is 22.2 Å². The minimum absolute atomic E-state index is 0.0381. The SMILES string of the molecule is Fc1cc2cc(-c3ncc(C4CCCCO4)cn3)ccc2c(F)c1C#CC(F)(F)F. The molecule has 1 saturated heterocycles. The standard InChI is InChI=1S/C22H15F5N2O/c23-18-10-14-9-13(4-5-16(14)20(24)17(18)6-7-22(25,26)27)21-28-11-15(12-29-21)19-3-1-2-8-30-19/h4-5,9-12,19H,1-3,8H2. The summed E-state index contributed by atoms with van der Waals surface area (Å²) in [7, 11) is 0. The summed E-state index contributed by atoms with van der Waals surface area (Å²) < 4.78 is 71.2. The van der Waals surface area contributed by atoms with Crippen molar-refractivity contribution in [3.63, 3.8) is 0 Å². The van der Waals surface area contributed by atoms with Crippen LogP contribution in [0, 0.1) is 23.5 Å². The van der Waals surface area contributed by atoms with Crippen LogP contribution in [0.4, 0.5) is 22.0 Å². The van der Waals surface area contributed by atoms with Crippen LogP contribution in [0.1, 0.15) is 36.5 Å². The largest absolute Gasteiger partial charge is 0.458 e. The Morgan fingerprint density at radius 2 is 1.80 bits per heavy atom. The molecule has 1 aliphatic heterocycles. The number of nitrogens with zero attached hydrogens (tertiary/aromatic N) is 2. The van der Waals surface area contributed by atoms with Crippen LogP contribution in [-0.2, 0) is 4.74 Å². The first kappa shape index (κ1) is 20.2. The number of alkyl halides is 3. The predicted octanol–water partition coefficient (Wildman–Crippen LogP) is 5.73. The summed E-state index contributed by atoms with van der Waals surface area (Å²) in [5.41, 5.74) is 0.469. The molecule has 0 radical (unpaired) electrons. The van der Waals surface area contributed by atoms with Crippen molar-refractivity contribution in [3.05, 3.63) is 59.4 Å². The average Bonchev–Trinajstić information content (AvgIpc) is 2.73. The monoisotopic (exact) mass is 418 g/mol. The van der Waals surface area contributed by atoms with Gasteiger partial charge in [-0.15, -0.1) is 0 Å². The Labute approximate surface area is 168 Å². The van der Waals surface area contributed by atoms with Crippen molar-refractivity contribution < 1.29 is 26.7 Å². The molecule has 0 aliphatic carbocycles. The molecule has 3 aromatic rings. The van der Waals surface area contributed by atoms with E-state index in [2.05, 4.69) is 9.97 Å². The van der Waals surface area contributed by atoms with Gasteiger partial charge in [0.05, 0.1) is 11.7 Å². The van der Waals surface area contributed by atoms with Crippen LogP contribution in [0.5, 0.6) is 0 Å². The maximum absolute atomic E-state index is 14.5. The van der Waals surface area contributed by atoms with Crippen molar-refractivity contribution in [1.29, 1.82) is 0 Å². The van der Waals surface area contributed by atoms with Crippen molar-refractivity contribution in [3.8, 4) is 23.2 Å². The molecule has 154 valence electrons. The number of aromatic nitrogens is 2. The Hall–Kier alpha value is -3.05. The molecule has 0 N–H and O–H groups in total. The third kappa shape index (κ3) is 4.26. The lowest BCUT2D eigenvalue weighted by atomic mass is 10.0. The van der Waals surface area contributed by atoms with Gasteiger partial charge >= 0.3 is 6.18 Å². The molecule has 3 nitrogen and oxygen atoms in total. The highest BCUT2D eigenvalue weighted by atomic mass is 19.4. The van der Waals surface area contributed by atoms with Gasteiger partial charge in [-0.3, -0.25) is 0 Å². The Morgan fingerprint density at radius 3 is 2.47 bits per heavy atom. The molecule has 30 heavy (non-hydrogen) atoms. The minimum atomic E-state index is -4.84. The van der Waals surface area contributed by atoms with Gasteiger partial charge in [0.1, 0.15) is 11.6 Å². The Bertz CT molecular complexity index is 1140. The van der Waals surface area contributed by atoms with Gasteiger partial charge in [-0.2, -0.15) is 13.2 Å². The van der Waals surface area contributed by atoms with Gasteiger partial charge in [0, 0.05) is 41.4 Å². The zero-order valence-electron chi connectivity index (χ0n) is 15.6. The lowest BCUT2D eigenvalue weighted by Crippen LogP contribution is -2.12. The van der Waals surface area contributed by atoms with Crippen LogP contribution in [0.15, 0.2) is 36.7 Å². The molecule has 0 spiro atoms. The van der Waals surface area contributed by atoms with Crippen LogP contribution in [0.2, 0.25) is 0 Å². The first-order chi connectivity index (χ1) is 14.3. The van der Waals surface area contributed by atoms with Gasteiger partial charge in [-0.05, 0) is 36.8 Å². The average molecular weight is 418 g/mol. The lowest BCUT2D eigenvalue weighted by Gasteiger charge is -2.22. The van der Waals surface area contributed by atoms with Crippen molar-refractivity contribution in [2.24, 2.45) is 0 Å². The molecule has 2 heterocycles. The number of fused-ring (bicyclic) bond motifs is 1. The van der Waals surface area contributed by atoms with Crippen LogP contribution >= 0.6 is 0 Å². The summed E-state index contributed by atoms with van der Waals surface area (Å²) in [5, 5.41) is 0.127.